The van der Waals surface area contributed by atoms with Crippen molar-refractivity contribution < 1.29 is 4.79 Å². The molecule has 3 aromatic rings. The number of hydrogen-bond acceptors (Lipinski definition) is 4. The lowest BCUT2D eigenvalue weighted by Crippen LogP contribution is -2.41. The highest BCUT2D eigenvalue weighted by Crippen LogP contribution is 2.24. The second-order valence-electron chi connectivity index (χ2n) is 8.29. The highest BCUT2D eigenvalue weighted by molar-refractivity contribution is 5.79. The number of aryl methyl sites for hydroxylation is 2. The minimum absolute atomic E-state index is 0.0903. The molecule has 1 N–H and O–H groups in total. The zero-order valence-corrected chi connectivity index (χ0v) is 18.1. The second kappa shape index (κ2) is 10.2. The van der Waals surface area contributed by atoms with Crippen LogP contribution in [0, 0.1) is 12.8 Å². The molecule has 1 aliphatic heterocycles. The predicted octanol–water partition coefficient (Wildman–Crippen LogP) is 4.42. The number of amides is 1. The number of anilines is 1. The molecule has 4 rings (SSSR count). The van der Waals surface area contributed by atoms with Gasteiger partial charge in [-0.1, -0.05) is 54.1 Å². The minimum Gasteiger partial charge on any atom is -0.356 e. The van der Waals surface area contributed by atoms with Gasteiger partial charge in [-0.25, -0.2) is 0 Å². The smallest absolute Gasteiger partial charge is 0.223 e. The summed E-state index contributed by atoms with van der Waals surface area (Å²) >= 11 is 0. The summed E-state index contributed by atoms with van der Waals surface area (Å²) in [5, 5.41) is 12.0. The third kappa shape index (κ3) is 5.69. The summed E-state index contributed by atoms with van der Waals surface area (Å²) < 4.78 is 0. The number of benzene rings is 2. The molecule has 0 radical (unpaired) electrons. The van der Waals surface area contributed by atoms with Crippen LogP contribution in [0.25, 0.3) is 11.3 Å². The van der Waals surface area contributed by atoms with Gasteiger partial charge in [-0.2, -0.15) is 0 Å². The molecule has 0 aliphatic carbocycles. The van der Waals surface area contributed by atoms with Crippen LogP contribution in [0.4, 0.5) is 5.82 Å². The normalized spacial score (nSPS) is 14.4. The Morgan fingerprint density at radius 3 is 2.52 bits per heavy atom. The van der Waals surface area contributed by atoms with Gasteiger partial charge in [0.1, 0.15) is 0 Å². The Morgan fingerprint density at radius 1 is 1.00 bits per heavy atom. The summed E-state index contributed by atoms with van der Waals surface area (Å²) in [6, 6.07) is 22.8. The predicted molar refractivity (Wildman–Crippen MR) is 125 cm³/mol. The summed E-state index contributed by atoms with van der Waals surface area (Å²) in [5.41, 5.74) is 4.50. The molecule has 0 bridgehead atoms. The Labute approximate surface area is 184 Å². The molecule has 5 heteroatoms. The van der Waals surface area contributed by atoms with E-state index in [0.717, 1.165) is 62.4 Å². The Balaban J connectivity index is 1.22. The molecule has 1 fully saturated rings. The van der Waals surface area contributed by atoms with E-state index in [4.69, 9.17) is 0 Å². The number of piperidine rings is 1. The molecule has 0 atom stereocenters. The number of carbonyl (C=O) groups excluding carboxylic acids is 1. The average Bonchev–Trinajstić information content (AvgIpc) is 2.83. The maximum Gasteiger partial charge on any atom is 0.223 e. The Morgan fingerprint density at radius 2 is 1.81 bits per heavy atom. The Bertz CT molecular complexity index is 980. The lowest BCUT2D eigenvalue weighted by Gasteiger charge is -2.31. The lowest BCUT2D eigenvalue weighted by atomic mass is 9.96. The van der Waals surface area contributed by atoms with E-state index in [0.29, 0.717) is 0 Å². The van der Waals surface area contributed by atoms with Gasteiger partial charge in [-0.3, -0.25) is 4.79 Å². The first kappa shape index (κ1) is 21.0. The first-order valence-electron chi connectivity index (χ1n) is 11.2. The molecule has 2 aromatic carbocycles. The zero-order valence-electron chi connectivity index (χ0n) is 18.1. The largest absolute Gasteiger partial charge is 0.356 e. The van der Waals surface area contributed by atoms with E-state index in [1.807, 2.05) is 24.3 Å². The van der Waals surface area contributed by atoms with Crippen molar-refractivity contribution in [2.45, 2.75) is 32.6 Å². The summed E-state index contributed by atoms with van der Waals surface area (Å²) in [6.07, 6.45) is 3.67. The van der Waals surface area contributed by atoms with Gasteiger partial charge in [0.2, 0.25) is 5.91 Å². The molecule has 1 aromatic heterocycles. The van der Waals surface area contributed by atoms with Crippen LogP contribution in [0.3, 0.4) is 0 Å². The van der Waals surface area contributed by atoms with E-state index in [1.165, 1.54) is 11.1 Å². The van der Waals surface area contributed by atoms with E-state index < -0.39 is 0 Å². The number of rotatable bonds is 7. The molecule has 5 nitrogen and oxygen atoms in total. The second-order valence-corrected chi connectivity index (χ2v) is 8.29. The topological polar surface area (TPSA) is 58.1 Å². The molecular formula is C26H30N4O. The standard InChI is InChI=1S/C26H30N4O/c1-20-7-5-11-23(19-20)24-12-13-25(29-28-24)30-17-14-22(15-18-30)26(31)27-16-6-10-21-8-3-2-4-9-21/h2-5,7-9,11-13,19,22H,6,10,14-18H2,1H3,(H,27,31). The third-order valence-electron chi connectivity index (χ3n) is 5.94. The van der Waals surface area contributed by atoms with E-state index >= 15 is 0 Å². The van der Waals surface area contributed by atoms with Gasteiger partial charge >= 0.3 is 0 Å². The van der Waals surface area contributed by atoms with Crippen LogP contribution in [-0.4, -0.2) is 35.7 Å². The number of nitrogens with one attached hydrogen (secondary N) is 1. The number of carbonyl (C=O) groups is 1. The molecule has 0 spiro atoms. The van der Waals surface area contributed by atoms with Crippen molar-refractivity contribution >= 4 is 11.7 Å². The highest BCUT2D eigenvalue weighted by Gasteiger charge is 2.25. The minimum atomic E-state index is 0.0903. The van der Waals surface area contributed by atoms with Gasteiger partial charge in [0.15, 0.2) is 5.82 Å². The molecular weight excluding hydrogens is 384 g/mol. The lowest BCUT2D eigenvalue weighted by molar-refractivity contribution is -0.125. The van der Waals surface area contributed by atoms with Crippen LogP contribution in [0.1, 0.15) is 30.4 Å². The van der Waals surface area contributed by atoms with Crippen LogP contribution >= 0.6 is 0 Å². The first-order valence-corrected chi connectivity index (χ1v) is 11.2. The first-order chi connectivity index (χ1) is 15.2. The molecule has 31 heavy (non-hydrogen) atoms. The van der Waals surface area contributed by atoms with Crippen LogP contribution in [0.15, 0.2) is 66.7 Å². The maximum atomic E-state index is 12.5. The van der Waals surface area contributed by atoms with Gasteiger partial charge < -0.3 is 10.2 Å². The highest BCUT2D eigenvalue weighted by atomic mass is 16.1. The van der Waals surface area contributed by atoms with Crippen molar-refractivity contribution in [1.29, 1.82) is 0 Å². The van der Waals surface area contributed by atoms with Gasteiger partial charge in [-0.15, -0.1) is 10.2 Å². The molecule has 2 heterocycles. The van der Waals surface area contributed by atoms with E-state index in [2.05, 4.69) is 69.8 Å². The van der Waals surface area contributed by atoms with E-state index in [-0.39, 0.29) is 11.8 Å². The third-order valence-corrected chi connectivity index (χ3v) is 5.94. The molecule has 160 valence electrons. The molecule has 1 saturated heterocycles. The van der Waals surface area contributed by atoms with E-state index in [1.54, 1.807) is 0 Å². The number of aromatic nitrogens is 2. The van der Waals surface area contributed by atoms with Gasteiger partial charge in [0.05, 0.1) is 5.69 Å². The fraction of sp³-hybridized carbons (Fsp3) is 0.346. The van der Waals surface area contributed by atoms with Crippen LogP contribution in [-0.2, 0) is 11.2 Å². The van der Waals surface area contributed by atoms with Crippen molar-refractivity contribution in [3.63, 3.8) is 0 Å². The van der Waals surface area contributed by atoms with Crippen LogP contribution < -0.4 is 10.2 Å². The van der Waals surface area contributed by atoms with E-state index in [9.17, 15) is 4.79 Å². The van der Waals surface area contributed by atoms with Crippen LogP contribution in [0.5, 0.6) is 0 Å². The summed E-state index contributed by atoms with van der Waals surface area (Å²) in [4.78, 5) is 14.8. The summed E-state index contributed by atoms with van der Waals surface area (Å²) in [6.45, 7) is 4.48. The average molecular weight is 415 g/mol. The molecule has 1 amide bonds. The number of nitrogens with zero attached hydrogens (tertiary/aromatic N) is 3. The SMILES string of the molecule is Cc1cccc(-c2ccc(N3CCC(C(=O)NCCCc4ccccc4)CC3)nn2)c1. The molecule has 1 aliphatic rings. The van der Waals surface area contributed by atoms with Crippen molar-refractivity contribution in [3.8, 4) is 11.3 Å². The zero-order chi connectivity index (χ0) is 21.5. The Hall–Kier alpha value is -3.21. The van der Waals surface area contributed by atoms with Gasteiger partial charge in [-0.05, 0) is 56.4 Å². The van der Waals surface area contributed by atoms with Crippen molar-refractivity contribution in [1.82, 2.24) is 15.5 Å². The summed E-state index contributed by atoms with van der Waals surface area (Å²) in [7, 11) is 0. The van der Waals surface area contributed by atoms with Crippen LogP contribution in [0.2, 0.25) is 0 Å². The molecule has 0 unspecified atom stereocenters. The van der Waals surface area contributed by atoms with Gasteiger partial charge in [0.25, 0.3) is 0 Å². The monoisotopic (exact) mass is 414 g/mol. The van der Waals surface area contributed by atoms with Crippen molar-refractivity contribution in [2.24, 2.45) is 5.92 Å². The number of hydrogen-bond donors (Lipinski definition) is 1. The Kier molecular flexibility index (Phi) is 6.92. The molecule has 0 saturated carbocycles. The summed E-state index contributed by atoms with van der Waals surface area (Å²) in [5.74, 6) is 1.17. The fourth-order valence-electron chi connectivity index (χ4n) is 4.12. The van der Waals surface area contributed by atoms with Crippen molar-refractivity contribution in [2.75, 3.05) is 24.5 Å². The fourth-order valence-corrected chi connectivity index (χ4v) is 4.12. The quantitative estimate of drug-likeness (QED) is 0.582. The maximum absolute atomic E-state index is 12.5. The van der Waals surface area contributed by atoms with Crippen molar-refractivity contribution in [3.05, 3.63) is 77.9 Å². The van der Waals surface area contributed by atoms with Gasteiger partial charge in [0, 0.05) is 31.1 Å².